The van der Waals surface area contributed by atoms with Crippen LogP contribution in [-0.2, 0) is 13.1 Å². The zero-order chi connectivity index (χ0) is 9.38. The van der Waals surface area contributed by atoms with Gasteiger partial charge < -0.3 is 9.73 Å². The third-order valence-corrected chi connectivity index (χ3v) is 2.56. The van der Waals surface area contributed by atoms with Crippen molar-refractivity contribution in [1.29, 1.82) is 0 Å². The lowest BCUT2D eigenvalue weighted by Crippen LogP contribution is -2.00. The third-order valence-electron chi connectivity index (χ3n) is 2.56. The number of hydrogen-bond acceptors (Lipinski definition) is 2. The molecule has 0 fully saturated rings. The van der Waals surface area contributed by atoms with Crippen LogP contribution in [0.3, 0.4) is 0 Å². The number of hydrogen-bond donors (Lipinski definition) is 1. The molecule has 1 aliphatic rings. The van der Waals surface area contributed by atoms with Crippen LogP contribution in [0.25, 0.3) is 11.3 Å². The van der Waals surface area contributed by atoms with Gasteiger partial charge >= 0.3 is 0 Å². The molecule has 2 heterocycles. The normalized spacial score (nSPS) is 14.3. The van der Waals surface area contributed by atoms with Crippen molar-refractivity contribution in [2.24, 2.45) is 0 Å². The summed E-state index contributed by atoms with van der Waals surface area (Å²) in [6.45, 7) is 1.80. The van der Waals surface area contributed by atoms with Gasteiger partial charge in [0.05, 0.1) is 6.54 Å². The van der Waals surface area contributed by atoms with Gasteiger partial charge in [0, 0.05) is 17.7 Å². The van der Waals surface area contributed by atoms with E-state index >= 15 is 0 Å². The van der Waals surface area contributed by atoms with E-state index in [2.05, 4.69) is 23.5 Å². The highest BCUT2D eigenvalue weighted by Crippen LogP contribution is 2.27. The summed E-state index contributed by atoms with van der Waals surface area (Å²) in [6.07, 6.45) is 0. The second-order valence-electron chi connectivity index (χ2n) is 3.53. The fourth-order valence-electron chi connectivity index (χ4n) is 1.82. The highest BCUT2D eigenvalue weighted by Gasteiger charge is 2.16. The molecule has 70 valence electrons. The number of benzene rings is 1. The van der Waals surface area contributed by atoms with E-state index < -0.39 is 0 Å². The summed E-state index contributed by atoms with van der Waals surface area (Å²) < 4.78 is 5.75. The van der Waals surface area contributed by atoms with E-state index in [1.165, 1.54) is 5.56 Å². The molecule has 0 aliphatic carbocycles. The topological polar surface area (TPSA) is 25.2 Å². The molecule has 0 atom stereocenters. The summed E-state index contributed by atoms with van der Waals surface area (Å²) >= 11 is 0. The van der Waals surface area contributed by atoms with Crippen molar-refractivity contribution < 1.29 is 4.42 Å². The summed E-state index contributed by atoms with van der Waals surface area (Å²) in [4.78, 5) is 0. The molecule has 0 saturated carbocycles. The van der Waals surface area contributed by atoms with Gasteiger partial charge in [-0.2, -0.15) is 0 Å². The smallest absolute Gasteiger partial charge is 0.134 e. The van der Waals surface area contributed by atoms with E-state index in [0.717, 1.165) is 30.2 Å². The Morgan fingerprint density at radius 2 is 1.93 bits per heavy atom. The molecule has 0 bridgehead atoms. The molecule has 0 saturated heterocycles. The van der Waals surface area contributed by atoms with Gasteiger partial charge in [-0.3, -0.25) is 0 Å². The van der Waals surface area contributed by atoms with Gasteiger partial charge in [0.15, 0.2) is 0 Å². The van der Waals surface area contributed by atoms with Crippen LogP contribution in [0.4, 0.5) is 0 Å². The van der Waals surface area contributed by atoms with Crippen molar-refractivity contribution in [3.8, 4) is 11.3 Å². The average molecular weight is 185 g/mol. The van der Waals surface area contributed by atoms with E-state index in [0.29, 0.717) is 0 Å². The molecule has 1 aliphatic heterocycles. The Morgan fingerprint density at radius 1 is 1.07 bits per heavy atom. The van der Waals surface area contributed by atoms with E-state index in [1.807, 2.05) is 18.2 Å². The Morgan fingerprint density at radius 3 is 2.71 bits per heavy atom. The predicted octanol–water partition coefficient (Wildman–Crippen LogP) is 2.55. The lowest BCUT2D eigenvalue weighted by molar-refractivity contribution is 0.518. The van der Waals surface area contributed by atoms with Gasteiger partial charge in [-0.25, -0.2) is 0 Å². The van der Waals surface area contributed by atoms with Crippen LogP contribution < -0.4 is 5.32 Å². The van der Waals surface area contributed by atoms with Gasteiger partial charge in [0.2, 0.25) is 0 Å². The summed E-state index contributed by atoms with van der Waals surface area (Å²) in [6, 6.07) is 12.3. The first-order valence-electron chi connectivity index (χ1n) is 4.81. The van der Waals surface area contributed by atoms with E-state index in [4.69, 9.17) is 4.42 Å². The minimum absolute atomic E-state index is 0.863. The maximum Gasteiger partial charge on any atom is 0.134 e. The van der Waals surface area contributed by atoms with Gasteiger partial charge in [-0.1, -0.05) is 30.3 Å². The quantitative estimate of drug-likeness (QED) is 0.738. The molecule has 2 heteroatoms. The highest BCUT2D eigenvalue weighted by atomic mass is 16.3. The van der Waals surface area contributed by atoms with Crippen LogP contribution in [0.2, 0.25) is 0 Å². The zero-order valence-corrected chi connectivity index (χ0v) is 7.79. The maximum atomic E-state index is 5.75. The molecule has 14 heavy (non-hydrogen) atoms. The lowest BCUT2D eigenvalue weighted by atomic mass is 10.1. The van der Waals surface area contributed by atoms with Crippen LogP contribution >= 0.6 is 0 Å². The Kier molecular flexibility index (Phi) is 1.67. The molecule has 0 amide bonds. The van der Waals surface area contributed by atoms with Gasteiger partial charge in [-0.05, 0) is 6.07 Å². The summed E-state index contributed by atoms with van der Waals surface area (Å²) in [5.74, 6) is 2.07. The second-order valence-corrected chi connectivity index (χ2v) is 3.53. The second kappa shape index (κ2) is 3.00. The maximum absolute atomic E-state index is 5.75. The zero-order valence-electron chi connectivity index (χ0n) is 7.79. The average Bonchev–Trinajstić information content (AvgIpc) is 2.78. The SMILES string of the molecule is c1ccc(-c2cc3c(o2)CNC3)cc1. The first-order chi connectivity index (χ1) is 6.93. The fraction of sp³-hybridized carbons (Fsp3) is 0.167. The Hall–Kier alpha value is -1.54. The van der Waals surface area contributed by atoms with E-state index in [1.54, 1.807) is 0 Å². The molecule has 1 aromatic heterocycles. The molecule has 2 aromatic rings. The number of fused-ring (bicyclic) bond motifs is 1. The van der Waals surface area contributed by atoms with Crippen LogP contribution in [0.5, 0.6) is 0 Å². The Bertz CT molecular complexity index is 423. The summed E-state index contributed by atoms with van der Waals surface area (Å²) in [5.41, 5.74) is 2.45. The van der Waals surface area contributed by atoms with Crippen LogP contribution in [0, 0.1) is 0 Å². The third kappa shape index (κ3) is 1.16. The lowest BCUT2D eigenvalue weighted by Gasteiger charge is -1.95. The summed E-state index contributed by atoms with van der Waals surface area (Å²) in [5, 5.41) is 3.25. The molecule has 1 aromatic carbocycles. The van der Waals surface area contributed by atoms with Crippen molar-refractivity contribution in [2.75, 3.05) is 0 Å². The highest BCUT2D eigenvalue weighted by molar-refractivity contribution is 5.59. The molecule has 0 radical (unpaired) electrons. The first-order valence-corrected chi connectivity index (χ1v) is 4.81. The molecule has 3 rings (SSSR count). The van der Waals surface area contributed by atoms with Crippen LogP contribution in [0.1, 0.15) is 11.3 Å². The van der Waals surface area contributed by atoms with Crippen LogP contribution in [0.15, 0.2) is 40.8 Å². The van der Waals surface area contributed by atoms with Crippen molar-refractivity contribution in [3.05, 3.63) is 47.7 Å². The Balaban J connectivity index is 2.06. The largest absolute Gasteiger partial charge is 0.459 e. The minimum atomic E-state index is 0.863. The van der Waals surface area contributed by atoms with E-state index in [-0.39, 0.29) is 0 Å². The molecular weight excluding hydrogens is 174 g/mol. The monoisotopic (exact) mass is 185 g/mol. The van der Waals surface area contributed by atoms with Crippen molar-refractivity contribution >= 4 is 0 Å². The van der Waals surface area contributed by atoms with Gasteiger partial charge in [0.1, 0.15) is 11.5 Å². The number of rotatable bonds is 1. The molecule has 0 spiro atoms. The summed E-state index contributed by atoms with van der Waals surface area (Å²) in [7, 11) is 0. The van der Waals surface area contributed by atoms with Crippen molar-refractivity contribution in [3.63, 3.8) is 0 Å². The number of nitrogens with one attached hydrogen (secondary N) is 1. The minimum Gasteiger partial charge on any atom is -0.459 e. The fourth-order valence-corrected chi connectivity index (χ4v) is 1.82. The first kappa shape index (κ1) is 7.83. The molecule has 1 N–H and O–H groups in total. The van der Waals surface area contributed by atoms with Crippen molar-refractivity contribution in [2.45, 2.75) is 13.1 Å². The Labute approximate surface area is 82.6 Å². The number of furan rings is 1. The van der Waals surface area contributed by atoms with Gasteiger partial charge in [0.25, 0.3) is 0 Å². The predicted molar refractivity (Wildman–Crippen MR) is 54.7 cm³/mol. The molecule has 0 unspecified atom stereocenters. The van der Waals surface area contributed by atoms with Crippen molar-refractivity contribution in [1.82, 2.24) is 5.32 Å². The molecule has 2 nitrogen and oxygen atoms in total. The van der Waals surface area contributed by atoms with Gasteiger partial charge in [-0.15, -0.1) is 0 Å². The van der Waals surface area contributed by atoms with Crippen LogP contribution in [-0.4, -0.2) is 0 Å². The standard InChI is InChI=1S/C12H11NO/c1-2-4-9(5-3-1)11-6-10-7-13-8-12(10)14-11/h1-6,13H,7-8H2. The van der Waals surface area contributed by atoms with E-state index in [9.17, 15) is 0 Å². The molecular formula is C12H11NO.